The van der Waals surface area contributed by atoms with Gasteiger partial charge in [-0.1, -0.05) is 24.3 Å². The summed E-state index contributed by atoms with van der Waals surface area (Å²) in [6.45, 7) is 1.56. The lowest BCUT2D eigenvalue weighted by atomic mass is 10.1. The predicted molar refractivity (Wildman–Crippen MR) is 44.0 cm³/mol. The van der Waals surface area contributed by atoms with Crippen LogP contribution in [0.3, 0.4) is 0 Å². The van der Waals surface area contributed by atoms with Crippen LogP contribution in [-0.4, -0.2) is 5.78 Å². The Bertz CT molecular complexity index is 334. The van der Waals surface area contributed by atoms with E-state index >= 15 is 0 Å². The third kappa shape index (κ3) is 1.25. The minimum Gasteiger partial charge on any atom is -0.295 e. The Morgan fingerprint density at radius 1 is 1.25 bits per heavy atom. The molecule has 0 aromatic heterocycles. The van der Waals surface area contributed by atoms with Gasteiger partial charge in [0.1, 0.15) is 0 Å². The summed E-state index contributed by atoms with van der Waals surface area (Å²) in [4.78, 5) is 10.9. The van der Waals surface area contributed by atoms with Gasteiger partial charge in [-0.15, -0.1) is 0 Å². The van der Waals surface area contributed by atoms with Gasteiger partial charge in [0.2, 0.25) is 6.17 Å². The predicted octanol–water partition coefficient (Wildman–Crippen LogP) is 2.35. The molecule has 2 rings (SSSR count). The number of hydrogen-bond acceptors (Lipinski definition) is 3. The molecule has 0 amide bonds. The van der Waals surface area contributed by atoms with E-state index in [4.69, 9.17) is 0 Å². The second kappa shape index (κ2) is 2.52. The first kappa shape index (κ1) is 7.16. The van der Waals surface area contributed by atoms with Crippen molar-refractivity contribution in [3.63, 3.8) is 0 Å². The van der Waals surface area contributed by atoms with E-state index in [0.717, 1.165) is 11.1 Å². The SMILES string of the molecule is CC(=O)c1ccc(C2[15N]=[15N]2)cc1. The molecule has 0 N–H and O–H groups in total. The van der Waals surface area contributed by atoms with Crippen molar-refractivity contribution in [2.24, 2.45) is 10.2 Å². The van der Waals surface area contributed by atoms with Crippen LogP contribution in [0.2, 0.25) is 0 Å². The highest BCUT2D eigenvalue weighted by Crippen LogP contribution is 2.30. The molecular weight excluding hydrogens is 154 g/mol. The van der Waals surface area contributed by atoms with Crippen molar-refractivity contribution >= 4 is 5.78 Å². The number of hydrogen-bond donors (Lipinski definition) is 0. The summed E-state index contributed by atoms with van der Waals surface area (Å²) in [6.07, 6.45) is 0.0333. The van der Waals surface area contributed by atoms with Crippen molar-refractivity contribution in [2.45, 2.75) is 13.1 Å². The van der Waals surface area contributed by atoms with Crippen molar-refractivity contribution in [1.29, 1.82) is 0 Å². The van der Waals surface area contributed by atoms with E-state index in [-0.39, 0.29) is 11.9 Å². The summed E-state index contributed by atoms with van der Waals surface area (Å²) in [5.41, 5.74) is 1.79. The standard InChI is InChI=1S/C9H8N2O/c1-6(12)7-2-4-8(5-3-7)9-10-11-9/h2-5,9H,1H3/i10+1,11+1. The average molecular weight is 162 g/mol. The number of ketones is 1. The van der Waals surface area contributed by atoms with Crippen LogP contribution in [-0.2, 0) is 0 Å². The largest absolute Gasteiger partial charge is 0.295 e. The molecule has 0 spiro atoms. The van der Waals surface area contributed by atoms with Gasteiger partial charge in [-0.05, 0) is 6.92 Å². The fourth-order valence-corrected chi connectivity index (χ4v) is 1.06. The first-order valence-electron chi connectivity index (χ1n) is 3.78. The molecule has 0 atom stereocenters. The summed E-state index contributed by atoms with van der Waals surface area (Å²) in [5, 5.41) is 7.57. The maximum atomic E-state index is 10.9. The number of rotatable bonds is 2. The van der Waals surface area contributed by atoms with Crippen LogP contribution in [0, 0.1) is 0 Å². The van der Waals surface area contributed by atoms with Crippen LogP contribution in [0.1, 0.15) is 29.0 Å². The van der Waals surface area contributed by atoms with Crippen molar-refractivity contribution in [1.82, 2.24) is 0 Å². The Kier molecular flexibility index (Phi) is 1.50. The molecule has 0 bridgehead atoms. The summed E-state index contributed by atoms with van der Waals surface area (Å²) in [7, 11) is 0. The number of benzene rings is 1. The molecule has 12 heavy (non-hydrogen) atoms. The first-order valence-corrected chi connectivity index (χ1v) is 3.78. The maximum absolute atomic E-state index is 10.9. The van der Waals surface area contributed by atoms with E-state index in [1.54, 1.807) is 19.1 Å². The van der Waals surface area contributed by atoms with Gasteiger partial charge in [0, 0.05) is 11.1 Å². The lowest BCUT2D eigenvalue weighted by Gasteiger charge is -1.96. The van der Waals surface area contributed by atoms with Crippen molar-refractivity contribution in [3.8, 4) is 0 Å². The second-order valence-corrected chi connectivity index (χ2v) is 2.78. The minimum absolute atomic E-state index is 0.0333. The number of carbonyl (C=O) groups excluding carboxylic acids is 1. The number of carbonyl (C=O) groups is 1. The molecular formula is C9H8N2O. The Morgan fingerprint density at radius 2 is 1.83 bits per heavy atom. The highest BCUT2D eigenvalue weighted by molar-refractivity contribution is 5.94. The number of Topliss-reactive ketones (excluding diaryl/α,β-unsaturated/α-hetero) is 1. The van der Waals surface area contributed by atoms with Crippen LogP contribution in [0.4, 0.5) is 0 Å². The monoisotopic (exact) mass is 162 g/mol. The smallest absolute Gasteiger partial charge is 0.206 e. The van der Waals surface area contributed by atoms with Gasteiger partial charge in [-0.2, -0.15) is 10.2 Å². The normalized spacial score (nSPS) is 14.8. The molecule has 0 saturated carbocycles. The molecule has 60 valence electrons. The van der Waals surface area contributed by atoms with Gasteiger partial charge in [0.05, 0.1) is 0 Å². The zero-order valence-electron chi connectivity index (χ0n) is 6.69. The molecule has 0 aliphatic carbocycles. The Labute approximate surface area is 70.1 Å². The van der Waals surface area contributed by atoms with Gasteiger partial charge in [0.15, 0.2) is 5.78 Å². The highest BCUT2D eigenvalue weighted by Gasteiger charge is 2.17. The van der Waals surface area contributed by atoms with Gasteiger partial charge < -0.3 is 0 Å². The fraction of sp³-hybridized carbons (Fsp3) is 0.222. The fourth-order valence-electron chi connectivity index (χ4n) is 1.06. The lowest BCUT2D eigenvalue weighted by molar-refractivity contribution is 0.101. The van der Waals surface area contributed by atoms with Crippen LogP contribution < -0.4 is 0 Å². The molecule has 1 aromatic rings. The molecule has 0 radical (unpaired) electrons. The van der Waals surface area contributed by atoms with Crippen LogP contribution in [0.25, 0.3) is 0 Å². The van der Waals surface area contributed by atoms with E-state index in [1.165, 1.54) is 0 Å². The molecule has 1 heterocycles. The van der Waals surface area contributed by atoms with E-state index < -0.39 is 0 Å². The van der Waals surface area contributed by atoms with Crippen molar-refractivity contribution in [2.75, 3.05) is 0 Å². The molecule has 0 saturated heterocycles. The zero-order valence-corrected chi connectivity index (χ0v) is 6.69. The average Bonchev–Trinajstić information content (AvgIpc) is 2.87. The molecule has 0 fully saturated rings. The quantitative estimate of drug-likeness (QED) is 0.486. The van der Waals surface area contributed by atoms with Crippen LogP contribution in [0.5, 0.6) is 0 Å². The molecule has 1 aliphatic heterocycles. The molecule has 3 heteroatoms. The Hall–Kier alpha value is -1.51. The van der Waals surface area contributed by atoms with Crippen LogP contribution in [0.15, 0.2) is 34.5 Å². The number of nitrogens with zero attached hydrogens (tertiary/aromatic N) is 2. The Morgan fingerprint density at radius 3 is 2.25 bits per heavy atom. The van der Waals surface area contributed by atoms with Crippen LogP contribution >= 0.6 is 0 Å². The topological polar surface area (TPSA) is 41.8 Å². The van der Waals surface area contributed by atoms with Gasteiger partial charge >= 0.3 is 0 Å². The van der Waals surface area contributed by atoms with E-state index in [1.807, 2.05) is 12.1 Å². The van der Waals surface area contributed by atoms with Gasteiger partial charge in [-0.25, -0.2) is 0 Å². The lowest BCUT2D eigenvalue weighted by Crippen LogP contribution is -1.91. The van der Waals surface area contributed by atoms with Gasteiger partial charge in [-0.3, -0.25) is 4.79 Å². The maximum Gasteiger partial charge on any atom is 0.206 e. The highest BCUT2D eigenvalue weighted by atomic mass is 16.2. The molecule has 3 nitrogen and oxygen atoms in total. The van der Waals surface area contributed by atoms with Crippen molar-refractivity contribution < 1.29 is 4.79 Å². The summed E-state index contributed by atoms with van der Waals surface area (Å²) < 4.78 is 0. The minimum atomic E-state index is 0.0333. The second-order valence-electron chi connectivity index (χ2n) is 2.78. The molecule has 0 unspecified atom stereocenters. The van der Waals surface area contributed by atoms with Gasteiger partial charge in [0.25, 0.3) is 0 Å². The van der Waals surface area contributed by atoms with E-state index in [0.29, 0.717) is 0 Å². The summed E-state index contributed by atoms with van der Waals surface area (Å²) in [6, 6.07) is 7.39. The first-order chi connectivity index (χ1) is 5.77. The zero-order chi connectivity index (χ0) is 8.55. The third-order valence-corrected chi connectivity index (χ3v) is 1.85. The van der Waals surface area contributed by atoms with E-state index in [2.05, 4.69) is 10.2 Å². The third-order valence-electron chi connectivity index (χ3n) is 1.85. The summed E-state index contributed by atoms with van der Waals surface area (Å²) in [5.74, 6) is 0.0891. The Balaban J connectivity index is 2.24. The molecule has 1 aliphatic rings. The molecule has 1 aromatic carbocycles. The van der Waals surface area contributed by atoms with E-state index in [9.17, 15) is 4.79 Å². The van der Waals surface area contributed by atoms with Crippen molar-refractivity contribution in [3.05, 3.63) is 35.4 Å². The summed E-state index contributed by atoms with van der Waals surface area (Å²) >= 11 is 0.